The molecule has 0 aliphatic rings. The van der Waals surface area contributed by atoms with Gasteiger partial charge in [0.2, 0.25) is 0 Å². The van der Waals surface area contributed by atoms with Crippen LogP contribution in [0.4, 0.5) is 0 Å². The molecule has 0 radical (unpaired) electrons. The number of hydrogen-bond donors (Lipinski definition) is 1. The molecule has 0 unspecified atom stereocenters. The van der Waals surface area contributed by atoms with Gasteiger partial charge >= 0.3 is 5.97 Å². The molecule has 82 valence electrons. The summed E-state index contributed by atoms with van der Waals surface area (Å²) in [5.74, 6) is -0.863. The molecular weight excluding hydrogens is 220 g/mol. The summed E-state index contributed by atoms with van der Waals surface area (Å²) in [5, 5.41) is 10.9. The van der Waals surface area contributed by atoms with Gasteiger partial charge < -0.3 is 5.11 Å². The van der Waals surface area contributed by atoms with E-state index in [0.717, 1.165) is 16.9 Å². The predicted molar refractivity (Wildman–Crippen MR) is 66.1 cm³/mol. The lowest BCUT2D eigenvalue weighted by atomic mass is 10.1. The molecule has 1 heterocycles. The van der Waals surface area contributed by atoms with E-state index in [2.05, 4.69) is 19.1 Å². The first kappa shape index (κ1) is 10.9. The monoisotopic (exact) mass is 232 g/mol. The van der Waals surface area contributed by atoms with E-state index >= 15 is 0 Å². The summed E-state index contributed by atoms with van der Waals surface area (Å²) in [7, 11) is 0. The van der Waals surface area contributed by atoms with E-state index in [1.165, 1.54) is 16.9 Å². The topological polar surface area (TPSA) is 37.3 Å². The summed E-state index contributed by atoms with van der Waals surface area (Å²) in [5.41, 5.74) is 2.60. The zero-order chi connectivity index (χ0) is 11.5. The molecule has 2 aromatic rings. The standard InChI is InChI=1S/C13H12O2S/c1-2-9-4-3-5-10(8-9)12-11(13(14)15)6-7-16-12/h3-8H,2H2,1H3,(H,14,15). The summed E-state index contributed by atoms with van der Waals surface area (Å²) >= 11 is 1.47. The van der Waals surface area contributed by atoms with Gasteiger partial charge in [0.15, 0.2) is 0 Å². The third-order valence-corrected chi connectivity index (χ3v) is 3.46. The third-order valence-electron chi connectivity index (χ3n) is 2.49. The van der Waals surface area contributed by atoms with Crippen molar-refractivity contribution >= 4 is 17.3 Å². The molecule has 0 saturated carbocycles. The normalized spacial score (nSPS) is 10.3. The molecule has 2 nitrogen and oxygen atoms in total. The molecule has 2 rings (SSSR count). The highest BCUT2D eigenvalue weighted by Gasteiger charge is 2.12. The van der Waals surface area contributed by atoms with E-state index in [0.29, 0.717) is 5.56 Å². The second-order valence-corrected chi connectivity index (χ2v) is 4.44. The van der Waals surface area contributed by atoms with Crippen molar-refractivity contribution in [3.63, 3.8) is 0 Å². The van der Waals surface area contributed by atoms with Crippen molar-refractivity contribution in [3.8, 4) is 10.4 Å². The zero-order valence-electron chi connectivity index (χ0n) is 8.93. The van der Waals surface area contributed by atoms with Crippen molar-refractivity contribution < 1.29 is 9.90 Å². The summed E-state index contributed by atoms with van der Waals surface area (Å²) in [6, 6.07) is 9.69. The molecule has 16 heavy (non-hydrogen) atoms. The molecule has 3 heteroatoms. The Hall–Kier alpha value is -1.61. The molecule has 0 aliphatic heterocycles. The quantitative estimate of drug-likeness (QED) is 0.876. The average Bonchev–Trinajstić information content (AvgIpc) is 2.78. The Morgan fingerprint density at radius 2 is 2.19 bits per heavy atom. The van der Waals surface area contributed by atoms with Gasteiger partial charge in [-0.2, -0.15) is 0 Å². The van der Waals surface area contributed by atoms with Gasteiger partial charge in [-0.05, 0) is 29.0 Å². The maximum atomic E-state index is 11.0. The molecular formula is C13H12O2S. The third kappa shape index (κ3) is 1.99. The summed E-state index contributed by atoms with van der Waals surface area (Å²) in [6.07, 6.45) is 0.960. The number of benzene rings is 1. The van der Waals surface area contributed by atoms with E-state index < -0.39 is 5.97 Å². The van der Waals surface area contributed by atoms with Crippen LogP contribution in [0.15, 0.2) is 35.7 Å². The average molecular weight is 232 g/mol. The van der Waals surface area contributed by atoms with Crippen LogP contribution in [0.25, 0.3) is 10.4 Å². The highest BCUT2D eigenvalue weighted by molar-refractivity contribution is 7.14. The number of rotatable bonds is 3. The lowest BCUT2D eigenvalue weighted by Crippen LogP contribution is -1.95. The molecule has 0 fully saturated rings. The van der Waals surface area contributed by atoms with Crippen molar-refractivity contribution in [1.82, 2.24) is 0 Å². The van der Waals surface area contributed by atoms with Crippen molar-refractivity contribution in [1.29, 1.82) is 0 Å². The Balaban J connectivity index is 2.50. The van der Waals surface area contributed by atoms with Crippen LogP contribution in [0.5, 0.6) is 0 Å². The lowest BCUT2D eigenvalue weighted by Gasteiger charge is -2.02. The van der Waals surface area contributed by atoms with E-state index in [9.17, 15) is 4.79 Å². The summed E-state index contributed by atoms with van der Waals surface area (Å²) in [4.78, 5) is 11.9. The maximum Gasteiger partial charge on any atom is 0.337 e. The van der Waals surface area contributed by atoms with Gasteiger partial charge in [-0.15, -0.1) is 11.3 Å². The van der Waals surface area contributed by atoms with Gasteiger partial charge in [-0.25, -0.2) is 4.79 Å². The molecule has 0 atom stereocenters. The van der Waals surface area contributed by atoms with E-state index in [-0.39, 0.29) is 0 Å². The first-order chi connectivity index (χ1) is 7.72. The van der Waals surface area contributed by atoms with Crippen LogP contribution in [-0.2, 0) is 6.42 Å². The molecule has 1 N–H and O–H groups in total. The molecule has 0 bridgehead atoms. The molecule has 1 aromatic heterocycles. The van der Waals surface area contributed by atoms with Crippen molar-refractivity contribution in [3.05, 3.63) is 46.8 Å². The lowest BCUT2D eigenvalue weighted by molar-refractivity contribution is 0.0698. The van der Waals surface area contributed by atoms with E-state index in [1.807, 2.05) is 17.5 Å². The van der Waals surface area contributed by atoms with Gasteiger partial charge in [-0.1, -0.05) is 31.2 Å². The van der Waals surface area contributed by atoms with E-state index in [1.54, 1.807) is 6.07 Å². The zero-order valence-corrected chi connectivity index (χ0v) is 9.75. The van der Waals surface area contributed by atoms with Gasteiger partial charge in [0.25, 0.3) is 0 Å². The summed E-state index contributed by atoms with van der Waals surface area (Å²) < 4.78 is 0. The Morgan fingerprint density at radius 1 is 1.38 bits per heavy atom. The van der Waals surface area contributed by atoms with Crippen molar-refractivity contribution in [2.45, 2.75) is 13.3 Å². The maximum absolute atomic E-state index is 11.0. The minimum Gasteiger partial charge on any atom is -0.478 e. The second-order valence-electron chi connectivity index (χ2n) is 3.52. The van der Waals surface area contributed by atoms with Crippen LogP contribution in [-0.4, -0.2) is 11.1 Å². The molecule has 0 aliphatic carbocycles. The fourth-order valence-corrected chi connectivity index (χ4v) is 2.52. The van der Waals surface area contributed by atoms with Gasteiger partial charge in [0.1, 0.15) is 0 Å². The Morgan fingerprint density at radius 3 is 2.88 bits per heavy atom. The molecule has 1 aromatic carbocycles. The van der Waals surface area contributed by atoms with Crippen molar-refractivity contribution in [2.24, 2.45) is 0 Å². The first-order valence-electron chi connectivity index (χ1n) is 5.12. The predicted octanol–water partition coefficient (Wildman–Crippen LogP) is 3.68. The number of thiophene rings is 1. The SMILES string of the molecule is CCc1cccc(-c2sccc2C(=O)O)c1. The molecule has 0 saturated heterocycles. The minimum absolute atomic E-state index is 0.387. The van der Waals surface area contributed by atoms with Crippen LogP contribution in [0, 0.1) is 0 Å². The number of aryl methyl sites for hydroxylation is 1. The van der Waals surface area contributed by atoms with Crippen LogP contribution in [0.1, 0.15) is 22.8 Å². The molecule has 0 spiro atoms. The fraction of sp³-hybridized carbons (Fsp3) is 0.154. The first-order valence-corrected chi connectivity index (χ1v) is 6.00. The highest BCUT2D eigenvalue weighted by atomic mass is 32.1. The van der Waals surface area contributed by atoms with Gasteiger partial charge in [0, 0.05) is 4.88 Å². The van der Waals surface area contributed by atoms with E-state index in [4.69, 9.17) is 5.11 Å². The fourth-order valence-electron chi connectivity index (χ4n) is 1.63. The Kier molecular flexibility index (Phi) is 3.06. The van der Waals surface area contributed by atoms with Crippen LogP contribution in [0.2, 0.25) is 0 Å². The van der Waals surface area contributed by atoms with Gasteiger partial charge in [-0.3, -0.25) is 0 Å². The largest absolute Gasteiger partial charge is 0.478 e. The smallest absolute Gasteiger partial charge is 0.337 e. The number of carboxylic acid groups (broad SMARTS) is 1. The van der Waals surface area contributed by atoms with Crippen molar-refractivity contribution in [2.75, 3.05) is 0 Å². The number of carbonyl (C=O) groups is 1. The number of aromatic carboxylic acids is 1. The molecule has 0 amide bonds. The Labute approximate surface area is 98.2 Å². The summed E-state index contributed by atoms with van der Waals surface area (Å²) in [6.45, 7) is 2.09. The minimum atomic E-state index is -0.863. The highest BCUT2D eigenvalue weighted by Crippen LogP contribution is 2.30. The van der Waals surface area contributed by atoms with Crippen LogP contribution < -0.4 is 0 Å². The van der Waals surface area contributed by atoms with Crippen LogP contribution >= 0.6 is 11.3 Å². The number of hydrogen-bond acceptors (Lipinski definition) is 2. The van der Waals surface area contributed by atoms with Gasteiger partial charge in [0.05, 0.1) is 5.56 Å². The Bertz CT molecular complexity index is 514. The number of carboxylic acids is 1. The second kappa shape index (κ2) is 4.49. The van der Waals surface area contributed by atoms with Crippen LogP contribution in [0.3, 0.4) is 0 Å².